The molecule has 0 radical (unpaired) electrons. The number of carbonyl (C=O) groups excluding carboxylic acids is 1. The lowest BCUT2D eigenvalue weighted by atomic mass is 10.1. The fourth-order valence-corrected chi connectivity index (χ4v) is 5.02. The molecular weight excluding hydrogens is 481 g/mol. The van der Waals surface area contributed by atoms with Crippen LogP contribution in [0.15, 0.2) is 53.4 Å². The largest absolute Gasteiger partial charge is 0.416 e. The van der Waals surface area contributed by atoms with E-state index in [0.29, 0.717) is 12.2 Å². The summed E-state index contributed by atoms with van der Waals surface area (Å²) in [4.78, 5) is 19.0. The Labute approximate surface area is 207 Å². The van der Waals surface area contributed by atoms with Crippen LogP contribution in [-0.4, -0.2) is 42.3 Å². The monoisotopic (exact) mass is 510 g/mol. The van der Waals surface area contributed by atoms with E-state index in [1.54, 1.807) is 6.07 Å². The predicted molar refractivity (Wildman–Crippen MR) is 125 cm³/mol. The molecule has 2 aromatic carbocycles. The van der Waals surface area contributed by atoms with Crippen molar-refractivity contribution < 1.29 is 32.3 Å². The number of ether oxygens (including phenoxy) is 2. The Balaban J connectivity index is 1.22. The van der Waals surface area contributed by atoms with Crippen LogP contribution in [0.2, 0.25) is 0 Å². The molecule has 2 aliphatic rings. The fraction of sp³-hybridized carbons (Fsp3) is 0.480. The second-order valence-electron chi connectivity index (χ2n) is 8.57. The van der Waals surface area contributed by atoms with Crippen molar-refractivity contribution in [2.24, 2.45) is 0 Å². The van der Waals surface area contributed by atoms with Crippen LogP contribution in [0.4, 0.5) is 13.2 Å². The lowest BCUT2D eigenvalue weighted by Gasteiger charge is -2.31. The van der Waals surface area contributed by atoms with Crippen molar-refractivity contribution in [3.05, 3.63) is 65.2 Å². The molecule has 2 aromatic rings. The quantitative estimate of drug-likeness (QED) is 0.370. The van der Waals surface area contributed by atoms with E-state index in [1.807, 2.05) is 18.2 Å². The first-order valence-electron chi connectivity index (χ1n) is 11.8. The molecule has 2 fully saturated rings. The molecule has 0 bridgehead atoms. The third-order valence-electron chi connectivity index (χ3n) is 5.95. The molecule has 0 aliphatic carbocycles. The Bertz CT molecular complexity index is 960. The van der Waals surface area contributed by atoms with Gasteiger partial charge in [-0.2, -0.15) is 13.2 Å². The molecule has 0 aromatic heterocycles. The van der Waals surface area contributed by atoms with Gasteiger partial charge in [0.2, 0.25) is 0 Å². The smallest absolute Gasteiger partial charge is 0.373 e. The summed E-state index contributed by atoms with van der Waals surface area (Å²) in [6.07, 6.45) is -0.340. The minimum atomic E-state index is -4.33. The molecule has 1 amide bonds. The lowest BCUT2D eigenvalue weighted by molar-refractivity contribution is -0.186. The van der Waals surface area contributed by atoms with E-state index in [4.69, 9.17) is 14.3 Å². The van der Waals surface area contributed by atoms with Gasteiger partial charge in [0.05, 0.1) is 23.8 Å². The molecule has 6 nitrogen and oxygen atoms in total. The van der Waals surface area contributed by atoms with Crippen LogP contribution in [0.3, 0.4) is 0 Å². The zero-order chi connectivity index (χ0) is 24.7. The molecule has 2 heterocycles. The average Bonchev–Trinajstić information content (AvgIpc) is 2.87. The van der Waals surface area contributed by atoms with Crippen molar-refractivity contribution in [1.82, 2.24) is 9.79 Å². The molecule has 0 saturated carbocycles. The molecule has 1 atom stereocenters. The zero-order valence-corrected chi connectivity index (χ0v) is 20.1. The first-order valence-corrected chi connectivity index (χ1v) is 12.5. The highest BCUT2D eigenvalue weighted by Gasteiger charge is 2.30. The number of alkyl halides is 3. The second-order valence-corrected chi connectivity index (χ2v) is 9.71. The van der Waals surface area contributed by atoms with Crippen molar-refractivity contribution in [2.45, 2.75) is 62.2 Å². The third kappa shape index (κ3) is 7.68. The highest BCUT2D eigenvalue weighted by atomic mass is 32.2. The van der Waals surface area contributed by atoms with Gasteiger partial charge in [0.25, 0.3) is 5.91 Å². The van der Waals surface area contributed by atoms with Gasteiger partial charge in [0.15, 0.2) is 6.29 Å². The summed E-state index contributed by atoms with van der Waals surface area (Å²) in [5.74, 6) is -0.308. The van der Waals surface area contributed by atoms with E-state index in [9.17, 15) is 18.0 Å². The first-order chi connectivity index (χ1) is 16.9. The van der Waals surface area contributed by atoms with Crippen molar-refractivity contribution >= 4 is 17.9 Å². The maximum Gasteiger partial charge on any atom is 0.416 e. The lowest BCUT2D eigenvalue weighted by Crippen LogP contribution is -2.34. The van der Waals surface area contributed by atoms with Gasteiger partial charge in [-0.1, -0.05) is 24.3 Å². The van der Waals surface area contributed by atoms with Gasteiger partial charge in [-0.3, -0.25) is 4.79 Å². The van der Waals surface area contributed by atoms with Crippen LogP contribution in [0.5, 0.6) is 0 Å². The third-order valence-corrected chi connectivity index (χ3v) is 7.12. The molecule has 2 aliphatic heterocycles. The summed E-state index contributed by atoms with van der Waals surface area (Å²) in [6.45, 7) is 2.45. The molecule has 4 rings (SSSR count). The van der Waals surface area contributed by atoms with Gasteiger partial charge in [0.1, 0.15) is 0 Å². The topological polar surface area (TPSA) is 60.0 Å². The van der Waals surface area contributed by atoms with Crippen LogP contribution in [0.1, 0.15) is 53.6 Å². The number of hydrogen-bond acceptors (Lipinski definition) is 6. The van der Waals surface area contributed by atoms with E-state index in [2.05, 4.69) is 9.79 Å². The van der Waals surface area contributed by atoms with Crippen molar-refractivity contribution in [3.63, 3.8) is 0 Å². The molecule has 190 valence electrons. The second kappa shape index (κ2) is 12.2. The van der Waals surface area contributed by atoms with Gasteiger partial charge < -0.3 is 9.47 Å². The van der Waals surface area contributed by atoms with Gasteiger partial charge in [-0.25, -0.2) is 14.6 Å². The van der Waals surface area contributed by atoms with E-state index < -0.39 is 18.0 Å². The number of carbonyl (C=O) groups is 1. The number of nitrogens with zero attached hydrogens (tertiary/aromatic N) is 1. The first kappa shape index (κ1) is 26.0. The molecule has 1 unspecified atom stereocenters. The number of amides is 1. The standard InChI is InChI=1S/C25H29F3N2O4S/c26-25(27,28)19-10-8-18(9-11-19)17-33-20-12-14-30(15-13-20)35-22-6-2-1-5-21(22)24(31)29-34-23-7-3-4-16-32-23/h1-2,5-6,8-11,20,23H,3-4,7,12-17H2,(H,29,31). The van der Waals surface area contributed by atoms with Gasteiger partial charge in [-0.05, 0) is 67.5 Å². The Morgan fingerprint density at radius 2 is 1.80 bits per heavy atom. The van der Waals surface area contributed by atoms with Gasteiger partial charge in [0, 0.05) is 31.0 Å². The summed E-state index contributed by atoms with van der Waals surface area (Å²) in [5.41, 5.74) is 3.12. The Morgan fingerprint density at radius 1 is 1.06 bits per heavy atom. The number of piperidine rings is 1. The van der Waals surface area contributed by atoms with Crippen molar-refractivity contribution in [1.29, 1.82) is 0 Å². The Hall–Kier alpha value is -2.11. The number of nitrogens with one attached hydrogen (secondary N) is 1. The summed E-state index contributed by atoms with van der Waals surface area (Å²) in [6, 6.07) is 12.5. The maximum absolute atomic E-state index is 12.7. The minimum Gasteiger partial charge on any atom is -0.373 e. The number of rotatable bonds is 8. The predicted octanol–water partition coefficient (Wildman–Crippen LogP) is 5.58. The van der Waals surface area contributed by atoms with E-state index in [0.717, 1.165) is 67.8 Å². The SMILES string of the molecule is O=C(NOC1CCCCO1)c1ccccc1SN1CCC(OCc2ccc(C(F)(F)F)cc2)CC1. The van der Waals surface area contributed by atoms with Crippen LogP contribution < -0.4 is 5.48 Å². The Kier molecular flexibility index (Phi) is 9.07. The molecule has 35 heavy (non-hydrogen) atoms. The van der Waals surface area contributed by atoms with Gasteiger partial charge >= 0.3 is 6.18 Å². The molecule has 1 N–H and O–H groups in total. The van der Waals surface area contributed by atoms with Crippen LogP contribution in [-0.2, 0) is 27.1 Å². The number of halogens is 3. The molecule has 2 saturated heterocycles. The summed E-state index contributed by atoms with van der Waals surface area (Å²) in [5, 5.41) is 0. The molecule has 0 spiro atoms. The molecular formula is C25H29F3N2O4S. The van der Waals surface area contributed by atoms with E-state index >= 15 is 0 Å². The summed E-state index contributed by atoms with van der Waals surface area (Å²) < 4.78 is 51.7. The van der Waals surface area contributed by atoms with Crippen LogP contribution in [0.25, 0.3) is 0 Å². The van der Waals surface area contributed by atoms with Crippen molar-refractivity contribution in [2.75, 3.05) is 19.7 Å². The zero-order valence-electron chi connectivity index (χ0n) is 19.3. The highest BCUT2D eigenvalue weighted by Crippen LogP contribution is 2.31. The number of hydrogen-bond donors (Lipinski definition) is 1. The average molecular weight is 511 g/mol. The van der Waals surface area contributed by atoms with Gasteiger partial charge in [-0.15, -0.1) is 0 Å². The number of benzene rings is 2. The minimum absolute atomic E-state index is 0.0385. The number of hydroxylamine groups is 1. The summed E-state index contributed by atoms with van der Waals surface area (Å²) in [7, 11) is 0. The van der Waals surface area contributed by atoms with Crippen molar-refractivity contribution in [3.8, 4) is 0 Å². The van der Waals surface area contributed by atoms with E-state index in [-0.39, 0.29) is 18.6 Å². The maximum atomic E-state index is 12.7. The molecule has 10 heteroatoms. The fourth-order valence-electron chi connectivity index (χ4n) is 3.95. The normalized spacial score (nSPS) is 20.0. The summed E-state index contributed by atoms with van der Waals surface area (Å²) >= 11 is 1.52. The van der Waals surface area contributed by atoms with E-state index in [1.165, 1.54) is 24.1 Å². The van der Waals surface area contributed by atoms with Crippen LogP contribution >= 0.6 is 11.9 Å². The Morgan fingerprint density at radius 3 is 2.49 bits per heavy atom. The highest BCUT2D eigenvalue weighted by molar-refractivity contribution is 7.97. The van der Waals surface area contributed by atoms with Crippen LogP contribution in [0, 0.1) is 0 Å².